The lowest BCUT2D eigenvalue weighted by molar-refractivity contribution is -0.870. The van der Waals surface area contributed by atoms with Gasteiger partial charge in [0.1, 0.15) is 19.8 Å². The van der Waals surface area contributed by atoms with Crippen molar-refractivity contribution < 1.29 is 42.1 Å². The Labute approximate surface area is 343 Å². The lowest BCUT2D eigenvalue weighted by atomic mass is 10.1. The standard InChI is InChI=1S/C46H84NO8P/c1-6-8-10-12-14-16-18-19-20-21-22-23-24-25-26-27-29-31-33-35-37-39-46(49)55-44(43-54-56(50,51)53-41-40-47(3,4)5)42-52-45(48)38-36-34-32-30-28-17-15-13-11-9-7-2/h13,15,18-19,21-22,24-25,44H,6-12,14,16-17,20,23,26-43H2,1-5H3/p+1/b15-13-,19-18-,22-21-,25-24-. The molecule has 0 saturated heterocycles. The zero-order valence-corrected chi connectivity index (χ0v) is 37.5. The normalized spacial score (nSPS) is 14.0. The van der Waals surface area contributed by atoms with Crippen LogP contribution in [0.25, 0.3) is 0 Å². The third-order valence-corrected chi connectivity index (χ3v) is 10.3. The van der Waals surface area contributed by atoms with Crippen LogP contribution in [-0.4, -0.2) is 74.9 Å². The molecule has 0 aliphatic rings. The van der Waals surface area contributed by atoms with Crippen molar-refractivity contribution in [3.05, 3.63) is 48.6 Å². The van der Waals surface area contributed by atoms with E-state index >= 15 is 0 Å². The van der Waals surface area contributed by atoms with Crippen molar-refractivity contribution in [3.63, 3.8) is 0 Å². The lowest BCUT2D eigenvalue weighted by Crippen LogP contribution is -2.37. The van der Waals surface area contributed by atoms with Gasteiger partial charge in [-0.1, -0.05) is 146 Å². The molecule has 2 atom stereocenters. The minimum atomic E-state index is -4.38. The smallest absolute Gasteiger partial charge is 0.462 e. The topological polar surface area (TPSA) is 108 Å². The Kier molecular flexibility index (Phi) is 37.1. The second kappa shape index (κ2) is 38.5. The molecule has 2 unspecified atom stereocenters. The van der Waals surface area contributed by atoms with Gasteiger partial charge in [-0.05, 0) is 70.6 Å². The summed E-state index contributed by atoms with van der Waals surface area (Å²) in [6.07, 6.45) is 44.4. The van der Waals surface area contributed by atoms with Gasteiger partial charge in [0.05, 0.1) is 27.7 Å². The van der Waals surface area contributed by atoms with Crippen LogP contribution < -0.4 is 0 Å². The Hall–Kier alpha value is -2.03. The second-order valence-corrected chi connectivity index (χ2v) is 17.5. The number of carbonyl (C=O) groups is 2. The molecule has 0 aromatic carbocycles. The summed E-state index contributed by atoms with van der Waals surface area (Å²) in [6, 6.07) is 0. The van der Waals surface area contributed by atoms with Crippen LogP contribution in [-0.2, 0) is 32.7 Å². The molecular formula is C46H85NO8P+. The molecule has 0 bridgehead atoms. The zero-order valence-electron chi connectivity index (χ0n) is 36.6. The van der Waals surface area contributed by atoms with Crippen LogP contribution in [0.1, 0.15) is 181 Å². The summed E-state index contributed by atoms with van der Waals surface area (Å²) in [5.41, 5.74) is 0. The van der Waals surface area contributed by atoms with Gasteiger partial charge in [0.25, 0.3) is 0 Å². The minimum Gasteiger partial charge on any atom is -0.462 e. The van der Waals surface area contributed by atoms with E-state index in [1.165, 1.54) is 51.4 Å². The molecule has 0 fully saturated rings. The first kappa shape index (κ1) is 54.0. The van der Waals surface area contributed by atoms with E-state index in [0.29, 0.717) is 17.4 Å². The number of hydrogen-bond donors (Lipinski definition) is 1. The maximum atomic E-state index is 12.7. The SMILES string of the molecule is CCCC/C=C\CCCCCCCC(=O)OCC(COP(=O)(O)OCC[N+](C)(C)C)OC(=O)CCCCCCCC/C=C\C/C=C\C/C=C\CCCCCCC. The summed E-state index contributed by atoms with van der Waals surface area (Å²) in [6.45, 7) is 4.34. The molecule has 0 saturated carbocycles. The van der Waals surface area contributed by atoms with Crippen molar-refractivity contribution in [2.24, 2.45) is 0 Å². The number of unbranched alkanes of at least 4 members (excludes halogenated alkanes) is 18. The summed E-state index contributed by atoms with van der Waals surface area (Å²) >= 11 is 0. The van der Waals surface area contributed by atoms with Gasteiger partial charge in [-0.2, -0.15) is 0 Å². The van der Waals surface area contributed by atoms with Gasteiger partial charge in [0, 0.05) is 12.8 Å². The van der Waals surface area contributed by atoms with E-state index in [0.717, 1.165) is 96.3 Å². The predicted octanol–water partition coefficient (Wildman–Crippen LogP) is 12.7. The summed E-state index contributed by atoms with van der Waals surface area (Å²) in [7, 11) is 1.46. The van der Waals surface area contributed by atoms with Crippen molar-refractivity contribution in [3.8, 4) is 0 Å². The largest absolute Gasteiger partial charge is 0.472 e. The molecule has 0 aliphatic carbocycles. The highest BCUT2D eigenvalue weighted by Crippen LogP contribution is 2.43. The van der Waals surface area contributed by atoms with Crippen molar-refractivity contribution in [1.29, 1.82) is 0 Å². The molecule has 0 aliphatic heterocycles. The maximum absolute atomic E-state index is 12.7. The Morgan fingerprint density at radius 3 is 1.50 bits per heavy atom. The fourth-order valence-corrected chi connectivity index (χ4v) is 6.51. The van der Waals surface area contributed by atoms with Crippen LogP contribution in [0.5, 0.6) is 0 Å². The van der Waals surface area contributed by atoms with Gasteiger partial charge < -0.3 is 18.9 Å². The van der Waals surface area contributed by atoms with Crippen LogP contribution in [0.3, 0.4) is 0 Å². The molecule has 0 heterocycles. The van der Waals surface area contributed by atoms with E-state index in [1.807, 2.05) is 21.1 Å². The van der Waals surface area contributed by atoms with Crippen LogP contribution in [0, 0.1) is 0 Å². The van der Waals surface area contributed by atoms with Crippen LogP contribution in [0.4, 0.5) is 0 Å². The van der Waals surface area contributed by atoms with Crippen molar-refractivity contribution in [2.75, 3.05) is 47.5 Å². The van der Waals surface area contributed by atoms with E-state index in [9.17, 15) is 19.0 Å². The van der Waals surface area contributed by atoms with Gasteiger partial charge in [-0.25, -0.2) is 4.57 Å². The summed E-state index contributed by atoms with van der Waals surface area (Å²) < 4.78 is 34.3. The van der Waals surface area contributed by atoms with Gasteiger partial charge in [0.15, 0.2) is 6.10 Å². The van der Waals surface area contributed by atoms with Crippen molar-refractivity contribution in [2.45, 2.75) is 187 Å². The molecule has 0 spiro atoms. The van der Waals surface area contributed by atoms with Crippen LogP contribution in [0.2, 0.25) is 0 Å². The van der Waals surface area contributed by atoms with E-state index in [4.69, 9.17) is 18.5 Å². The molecule has 0 rings (SSSR count). The number of hydrogen-bond acceptors (Lipinski definition) is 7. The summed E-state index contributed by atoms with van der Waals surface area (Å²) in [5, 5.41) is 0. The average Bonchev–Trinajstić information content (AvgIpc) is 3.15. The highest BCUT2D eigenvalue weighted by atomic mass is 31.2. The number of phosphoric ester groups is 1. The monoisotopic (exact) mass is 811 g/mol. The van der Waals surface area contributed by atoms with E-state index < -0.39 is 26.5 Å². The first-order chi connectivity index (χ1) is 27.0. The number of likely N-dealkylation sites (N-methyl/N-ethyl adjacent to an activating group) is 1. The third-order valence-electron chi connectivity index (χ3n) is 9.33. The first-order valence-electron chi connectivity index (χ1n) is 22.4. The molecule has 326 valence electrons. The third kappa shape index (κ3) is 41.6. The lowest BCUT2D eigenvalue weighted by Gasteiger charge is -2.24. The number of ether oxygens (including phenoxy) is 2. The molecule has 1 N–H and O–H groups in total. The van der Waals surface area contributed by atoms with Crippen LogP contribution in [0.15, 0.2) is 48.6 Å². The molecule has 0 aromatic rings. The van der Waals surface area contributed by atoms with E-state index in [1.54, 1.807) is 0 Å². The van der Waals surface area contributed by atoms with Crippen molar-refractivity contribution >= 4 is 19.8 Å². The summed E-state index contributed by atoms with van der Waals surface area (Å²) in [5.74, 6) is -0.827. The fraction of sp³-hybridized carbons (Fsp3) is 0.783. The Morgan fingerprint density at radius 1 is 0.554 bits per heavy atom. The predicted molar refractivity (Wildman–Crippen MR) is 233 cm³/mol. The molecule has 9 nitrogen and oxygen atoms in total. The second-order valence-electron chi connectivity index (χ2n) is 16.1. The number of esters is 2. The zero-order chi connectivity index (χ0) is 41.4. The number of carbonyl (C=O) groups excluding carboxylic acids is 2. The van der Waals surface area contributed by atoms with Gasteiger partial charge in [0.2, 0.25) is 0 Å². The van der Waals surface area contributed by atoms with Crippen molar-refractivity contribution in [1.82, 2.24) is 0 Å². The quantitative estimate of drug-likeness (QED) is 0.0214. The maximum Gasteiger partial charge on any atom is 0.472 e. The number of rotatable bonds is 40. The number of phosphoric acid groups is 1. The van der Waals surface area contributed by atoms with E-state index in [2.05, 4.69) is 62.5 Å². The highest BCUT2D eigenvalue weighted by molar-refractivity contribution is 7.47. The Bertz CT molecular complexity index is 1100. The van der Waals surface area contributed by atoms with Gasteiger partial charge in [-0.3, -0.25) is 18.6 Å². The highest BCUT2D eigenvalue weighted by Gasteiger charge is 2.27. The molecule has 56 heavy (non-hydrogen) atoms. The molecule has 0 amide bonds. The Balaban J connectivity index is 4.35. The number of nitrogens with zero attached hydrogens (tertiary/aromatic N) is 1. The molecule has 10 heteroatoms. The fourth-order valence-electron chi connectivity index (χ4n) is 5.77. The van der Waals surface area contributed by atoms with E-state index in [-0.39, 0.29) is 32.0 Å². The average molecular weight is 811 g/mol. The van der Waals surface area contributed by atoms with Gasteiger partial charge in [-0.15, -0.1) is 0 Å². The molecule has 0 radical (unpaired) electrons. The Morgan fingerprint density at radius 2 is 0.982 bits per heavy atom. The van der Waals surface area contributed by atoms with Gasteiger partial charge >= 0.3 is 19.8 Å². The molecule has 0 aromatic heterocycles. The molecular weight excluding hydrogens is 725 g/mol. The van der Waals surface area contributed by atoms with Crippen LogP contribution >= 0.6 is 7.82 Å². The number of quaternary nitrogens is 1. The number of allylic oxidation sites excluding steroid dienone is 8. The minimum absolute atomic E-state index is 0.0261. The first-order valence-corrected chi connectivity index (χ1v) is 23.9. The summed E-state index contributed by atoms with van der Waals surface area (Å²) in [4.78, 5) is 35.3.